The molecule has 1 aromatic heterocycles. The van der Waals surface area contributed by atoms with Crippen LogP contribution in [0.25, 0.3) is 0 Å². The predicted molar refractivity (Wildman–Crippen MR) is 22.0 cm³/mol. The lowest BCUT2D eigenvalue weighted by molar-refractivity contribution is 0.745. The maximum absolute atomic E-state index is 4.84. The number of tetrazole rings is 1. The number of hydrogen-bond acceptors (Lipinski definition) is 3. The van der Waals surface area contributed by atoms with E-state index in [9.17, 15) is 0 Å². The second-order valence-corrected chi connectivity index (χ2v) is 0.854. The molecule has 0 bridgehead atoms. The Morgan fingerprint density at radius 3 is 2.86 bits per heavy atom. The van der Waals surface area contributed by atoms with Crippen LogP contribution in [0.5, 0.6) is 0 Å². The van der Waals surface area contributed by atoms with Crippen LogP contribution >= 0.6 is 0 Å². The van der Waals surface area contributed by atoms with Crippen molar-refractivity contribution in [3.05, 3.63) is 6.33 Å². The molecule has 0 radical (unpaired) electrons. The van der Waals surface area contributed by atoms with E-state index in [2.05, 4.69) is 21.5 Å². The minimum Gasteiger partial charge on any atom is -0.127 e. The molecular weight excluding hydrogens is 92.1 g/mol. The number of rotatable bonds is 0. The van der Waals surface area contributed by atoms with Crippen LogP contribution in [0.2, 0.25) is 0 Å². The van der Waals surface area contributed by atoms with Gasteiger partial charge >= 0.3 is 0 Å². The van der Waals surface area contributed by atoms with Gasteiger partial charge in [-0.25, -0.2) is 0 Å². The maximum atomic E-state index is 4.84. The highest BCUT2D eigenvalue weighted by Gasteiger charge is 1.77. The summed E-state index contributed by atoms with van der Waals surface area (Å²) in [5.41, 5.74) is 0. The van der Waals surface area contributed by atoms with Crippen molar-refractivity contribution in [1.29, 1.82) is 0 Å². The van der Waals surface area contributed by atoms with Gasteiger partial charge in [0.1, 0.15) is 0 Å². The molecular formula is C3H2N4. The van der Waals surface area contributed by atoms with E-state index in [1.165, 1.54) is 6.33 Å². The Balaban J connectivity index is 3.04. The molecule has 0 aliphatic heterocycles. The van der Waals surface area contributed by atoms with Crippen LogP contribution in [0.4, 0.5) is 0 Å². The third-order valence-corrected chi connectivity index (χ3v) is 0.464. The van der Waals surface area contributed by atoms with Crippen molar-refractivity contribution < 1.29 is 0 Å². The lowest BCUT2D eigenvalue weighted by Gasteiger charge is -1.71. The Labute approximate surface area is 40.1 Å². The zero-order valence-corrected chi connectivity index (χ0v) is 3.44. The highest BCUT2D eigenvalue weighted by Crippen LogP contribution is 1.60. The first-order valence-electron chi connectivity index (χ1n) is 1.63. The fraction of sp³-hybridized carbons (Fsp3) is 0. The standard InChI is InChI=1S/C3H2N4/c1-2-7-5-3-4-6-7/h1,3H. The van der Waals surface area contributed by atoms with Crippen molar-refractivity contribution in [2.75, 3.05) is 0 Å². The number of aromatic nitrogens is 4. The lowest BCUT2D eigenvalue weighted by atomic mass is 11.2. The summed E-state index contributed by atoms with van der Waals surface area (Å²) in [5, 5.41) is 10.2. The van der Waals surface area contributed by atoms with Gasteiger partial charge in [-0.15, -0.1) is 10.2 Å². The summed E-state index contributed by atoms with van der Waals surface area (Å²) in [7, 11) is 0. The molecule has 0 spiro atoms. The van der Waals surface area contributed by atoms with Gasteiger partial charge in [0.25, 0.3) is 0 Å². The Bertz CT molecular complexity index is 169. The summed E-state index contributed by atoms with van der Waals surface area (Å²) >= 11 is 0. The van der Waals surface area contributed by atoms with Crippen LogP contribution < -0.4 is 0 Å². The highest BCUT2D eigenvalue weighted by molar-refractivity contribution is 4.79. The topological polar surface area (TPSA) is 43.6 Å². The summed E-state index contributed by atoms with van der Waals surface area (Å²) in [6.07, 6.45) is 6.12. The molecule has 7 heavy (non-hydrogen) atoms. The number of nitrogens with zero attached hydrogens (tertiary/aromatic N) is 4. The van der Waals surface area contributed by atoms with E-state index in [4.69, 9.17) is 6.42 Å². The summed E-state index contributed by atoms with van der Waals surface area (Å²) in [4.78, 5) is 1.04. The van der Waals surface area contributed by atoms with Crippen LogP contribution in [0, 0.1) is 12.5 Å². The molecule has 0 saturated carbocycles. The van der Waals surface area contributed by atoms with Crippen molar-refractivity contribution in [2.45, 2.75) is 0 Å². The smallest absolute Gasteiger partial charge is 0.127 e. The second-order valence-electron chi connectivity index (χ2n) is 0.854. The zero-order valence-electron chi connectivity index (χ0n) is 3.44. The molecule has 4 heteroatoms. The van der Waals surface area contributed by atoms with Crippen molar-refractivity contribution >= 4 is 0 Å². The minimum absolute atomic E-state index is 1.04. The predicted octanol–water partition coefficient (Wildman–Crippen LogP) is -0.888. The van der Waals surface area contributed by atoms with Crippen molar-refractivity contribution in [2.24, 2.45) is 0 Å². The molecule has 4 nitrogen and oxygen atoms in total. The molecule has 0 saturated heterocycles. The Hall–Kier alpha value is -1.37. The van der Waals surface area contributed by atoms with Gasteiger partial charge in [-0.1, -0.05) is 11.2 Å². The van der Waals surface area contributed by atoms with E-state index in [1.807, 2.05) is 0 Å². The largest absolute Gasteiger partial charge is 0.163 e. The van der Waals surface area contributed by atoms with Gasteiger partial charge in [-0.05, 0) is 5.21 Å². The molecule has 0 fully saturated rings. The molecule has 0 atom stereocenters. The summed E-state index contributed by atoms with van der Waals surface area (Å²) < 4.78 is 0. The number of hydrogen-bond donors (Lipinski definition) is 0. The molecule has 0 N–H and O–H groups in total. The fourth-order valence-corrected chi connectivity index (χ4v) is 0.226. The molecule has 34 valence electrons. The van der Waals surface area contributed by atoms with E-state index in [0.717, 1.165) is 4.80 Å². The normalized spacial score (nSPS) is 7.86. The first-order chi connectivity index (χ1) is 3.43. The van der Waals surface area contributed by atoms with Crippen LogP contribution in [0.1, 0.15) is 0 Å². The van der Waals surface area contributed by atoms with Crippen molar-refractivity contribution in [1.82, 2.24) is 20.2 Å². The van der Waals surface area contributed by atoms with Crippen LogP contribution in [-0.2, 0) is 0 Å². The van der Waals surface area contributed by atoms with Crippen molar-refractivity contribution in [3.63, 3.8) is 0 Å². The Morgan fingerprint density at radius 2 is 2.57 bits per heavy atom. The third kappa shape index (κ3) is 0.550. The Morgan fingerprint density at radius 1 is 1.71 bits per heavy atom. The molecule has 0 unspecified atom stereocenters. The van der Waals surface area contributed by atoms with E-state index in [1.54, 1.807) is 0 Å². The van der Waals surface area contributed by atoms with Gasteiger partial charge in [0.05, 0.1) is 6.04 Å². The van der Waals surface area contributed by atoms with Crippen LogP contribution in [0.3, 0.4) is 0 Å². The first-order valence-corrected chi connectivity index (χ1v) is 1.63. The van der Waals surface area contributed by atoms with E-state index < -0.39 is 0 Å². The average molecular weight is 94.1 g/mol. The minimum atomic E-state index is 1.04. The fourth-order valence-electron chi connectivity index (χ4n) is 0.226. The van der Waals surface area contributed by atoms with Gasteiger partial charge in [0.2, 0.25) is 0 Å². The molecule has 1 aromatic rings. The van der Waals surface area contributed by atoms with E-state index >= 15 is 0 Å². The SMILES string of the molecule is C#Cn1ncnn1. The zero-order chi connectivity index (χ0) is 5.11. The molecule has 1 rings (SSSR count). The maximum Gasteiger partial charge on any atom is 0.163 e. The molecule has 0 amide bonds. The summed E-state index contributed by atoms with van der Waals surface area (Å²) in [6, 6.07) is 2.14. The van der Waals surface area contributed by atoms with Gasteiger partial charge in [0.15, 0.2) is 6.33 Å². The van der Waals surface area contributed by atoms with Crippen molar-refractivity contribution in [3.8, 4) is 12.5 Å². The first kappa shape index (κ1) is 3.81. The molecule has 1 heterocycles. The van der Waals surface area contributed by atoms with Crippen LogP contribution in [-0.4, -0.2) is 20.2 Å². The van der Waals surface area contributed by atoms with E-state index in [-0.39, 0.29) is 0 Å². The van der Waals surface area contributed by atoms with Gasteiger partial charge < -0.3 is 0 Å². The van der Waals surface area contributed by atoms with E-state index in [0.29, 0.717) is 0 Å². The summed E-state index contributed by atoms with van der Waals surface area (Å²) in [5.74, 6) is 0. The van der Waals surface area contributed by atoms with Gasteiger partial charge in [-0.2, -0.15) is 0 Å². The highest BCUT2D eigenvalue weighted by atomic mass is 15.6. The monoisotopic (exact) mass is 94.0 g/mol. The van der Waals surface area contributed by atoms with Gasteiger partial charge in [0, 0.05) is 0 Å². The lowest BCUT2D eigenvalue weighted by Crippen LogP contribution is -1.91. The number of terminal acetylenes is 1. The molecule has 0 aromatic carbocycles. The average Bonchev–Trinajstić information content (AvgIpc) is 2.14. The van der Waals surface area contributed by atoms with Crippen LogP contribution in [0.15, 0.2) is 6.33 Å². The summed E-state index contributed by atoms with van der Waals surface area (Å²) in [6.45, 7) is 0. The van der Waals surface area contributed by atoms with Gasteiger partial charge in [-0.3, -0.25) is 0 Å². The third-order valence-electron chi connectivity index (χ3n) is 0.464. The second kappa shape index (κ2) is 1.39. The molecule has 0 aliphatic carbocycles. The molecule has 0 aliphatic rings. The Kier molecular flexibility index (Phi) is 0.755. The quantitative estimate of drug-likeness (QED) is 0.392.